The van der Waals surface area contributed by atoms with Crippen LogP contribution in [-0.4, -0.2) is 42.9 Å². The van der Waals surface area contributed by atoms with E-state index in [1.54, 1.807) is 13.2 Å². The molecule has 2 bridgehead atoms. The van der Waals surface area contributed by atoms with Gasteiger partial charge in [-0.15, -0.1) is 0 Å². The van der Waals surface area contributed by atoms with Gasteiger partial charge in [-0.2, -0.15) is 0 Å². The van der Waals surface area contributed by atoms with E-state index in [0.717, 1.165) is 25.7 Å². The maximum atomic E-state index is 14.4. The van der Waals surface area contributed by atoms with Gasteiger partial charge in [0.05, 0.1) is 20.8 Å². The Morgan fingerprint density at radius 2 is 1.96 bits per heavy atom. The van der Waals surface area contributed by atoms with Crippen molar-refractivity contribution in [2.24, 2.45) is 5.41 Å². The minimum Gasteiger partial charge on any atom is -0.493 e. The number of ether oxygens (including phenoxy) is 2. The van der Waals surface area contributed by atoms with Crippen molar-refractivity contribution >= 4 is 0 Å². The minimum atomic E-state index is -0.264. The summed E-state index contributed by atoms with van der Waals surface area (Å²) in [4.78, 5) is 2.38. The van der Waals surface area contributed by atoms with Crippen molar-refractivity contribution in [2.75, 3.05) is 20.8 Å². The van der Waals surface area contributed by atoms with Gasteiger partial charge in [-0.25, -0.2) is 4.39 Å². The van der Waals surface area contributed by atoms with Gasteiger partial charge in [0, 0.05) is 35.7 Å². The SMILES string of the molecule is CC[C@]1(CO)C[C@H]2CC[C@@H]1N2Cc1cc(OC)c(OC)cc1F. The second-order valence-corrected chi connectivity index (χ2v) is 6.80. The van der Waals surface area contributed by atoms with E-state index in [1.165, 1.54) is 13.2 Å². The maximum absolute atomic E-state index is 14.4. The van der Waals surface area contributed by atoms with Gasteiger partial charge in [0.15, 0.2) is 11.5 Å². The van der Waals surface area contributed by atoms with Crippen molar-refractivity contribution in [3.63, 3.8) is 0 Å². The van der Waals surface area contributed by atoms with Gasteiger partial charge < -0.3 is 14.6 Å². The number of aliphatic hydroxyl groups is 1. The summed E-state index contributed by atoms with van der Waals surface area (Å²) in [6, 6.07) is 3.92. The van der Waals surface area contributed by atoms with Crippen LogP contribution in [0.25, 0.3) is 0 Å². The number of fused-ring (bicyclic) bond motifs is 2. The summed E-state index contributed by atoms with van der Waals surface area (Å²) < 4.78 is 24.9. The van der Waals surface area contributed by atoms with E-state index in [9.17, 15) is 9.50 Å². The molecule has 1 aromatic carbocycles. The lowest BCUT2D eigenvalue weighted by atomic mass is 9.72. The molecule has 0 radical (unpaired) electrons. The fourth-order valence-corrected chi connectivity index (χ4v) is 4.53. The summed E-state index contributed by atoms with van der Waals surface area (Å²) in [5, 5.41) is 9.89. The van der Waals surface area contributed by atoms with E-state index in [1.807, 2.05) is 0 Å². The molecule has 3 rings (SSSR count). The first-order valence-corrected chi connectivity index (χ1v) is 8.35. The zero-order chi connectivity index (χ0) is 16.6. The van der Waals surface area contributed by atoms with E-state index in [2.05, 4.69) is 11.8 Å². The van der Waals surface area contributed by atoms with E-state index >= 15 is 0 Å². The van der Waals surface area contributed by atoms with Crippen molar-refractivity contribution in [2.45, 2.75) is 51.2 Å². The molecular formula is C18H26FNO3. The molecule has 3 atom stereocenters. The Labute approximate surface area is 137 Å². The average molecular weight is 323 g/mol. The third-order valence-electron chi connectivity index (χ3n) is 5.92. The third-order valence-corrected chi connectivity index (χ3v) is 5.92. The van der Waals surface area contributed by atoms with Gasteiger partial charge in [-0.05, 0) is 31.7 Å². The number of halogens is 1. The second-order valence-electron chi connectivity index (χ2n) is 6.80. The molecule has 2 aliphatic heterocycles. The average Bonchev–Trinajstić information content (AvgIpc) is 3.11. The van der Waals surface area contributed by atoms with Gasteiger partial charge in [0.1, 0.15) is 5.82 Å². The monoisotopic (exact) mass is 323 g/mol. The van der Waals surface area contributed by atoms with Gasteiger partial charge >= 0.3 is 0 Å². The van der Waals surface area contributed by atoms with Crippen molar-refractivity contribution in [1.29, 1.82) is 0 Å². The quantitative estimate of drug-likeness (QED) is 0.874. The molecule has 0 unspecified atom stereocenters. The van der Waals surface area contributed by atoms with Gasteiger partial charge in [0.2, 0.25) is 0 Å². The zero-order valence-corrected chi connectivity index (χ0v) is 14.1. The Hall–Kier alpha value is -1.33. The predicted octanol–water partition coefficient (Wildman–Crippen LogP) is 2.97. The largest absolute Gasteiger partial charge is 0.493 e. The Bertz CT molecular complexity index is 574. The highest BCUT2D eigenvalue weighted by Gasteiger charge is 2.54. The lowest BCUT2D eigenvalue weighted by molar-refractivity contribution is 0.0711. The van der Waals surface area contributed by atoms with Gasteiger partial charge in [-0.1, -0.05) is 6.92 Å². The molecule has 1 N–H and O–H groups in total. The molecule has 0 aromatic heterocycles. The topological polar surface area (TPSA) is 41.9 Å². The molecule has 0 amide bonds. The highest BCUT2D eigenvalue weighted by atomic mass is 19.1. The molecule has 1 aromatic rings. The van der Waals surface area contributed by atoms with Crippen LogP contribution in [0.4, 0.5) is 4.39 Å². The van der Waals surface area contributed by atoms with Crippen LogP contribution in [0.2, 0.25) is 0 Å². The molecule has 128 valence electrons. The molecule has 2 aliphatic rings. The summed E-state index contributed by atoms with van der Waals surface area (Å²) in [5.41, 5.74) is 0.611. The summed E-state index contributed by atoms with van der Waals surface area (Å²) in [6.45, 7) is 2.92. The molecule has 0 saturated carbocycles. The van der Waals surface area contributed by atoms with E-state index in [0.29, 0.717) is 35.7 Å². The Balaban J connectivity index is 1.86. The summed E-state index contributed by atoms with van der Waals surface area (Å²) in [6.07, 6.45) is 4.21. The van der Waals surface area contributed by atoms with Crippen LogP contribution < -0.4 is 9.47 Å². The van der Waals surface area contributed by atoms with E-state index in [4.69, 9.17) is 9.47 Å². The number of rotatable bonds is 6. The van der Waals surface area contributed by atoms with Crippen molar-refractivity contribution in [3.05, 3.63) is 23.5 Å². The Morgan fingerprint density at radius 1 is 1.26 bits per heavy atom. The zero-order valence-electron chi connectivity index (χ0n) is 14.1. The van der Waals surface area contributed by atoms with E-state index in [-0.39, 0.29) is 17.8 Å². The van der Waals surface area contributed by atoms with Crippen LogP contribution in [0.3, 0.4) is 0 Å². The van der Waals surface area contributed by atoms with Gasteiger partial charge in [0.25, 0.3) is 0 Å². The van der Waals surface area contributed by atoms with Crippen LogP contribution in [0.5, 0.6) is 11.5 Å². The third kappa shape index (κ3) is 2.60. The lowest BCUT2D eigenvalue weighted by Gasteiger charge is -2.35. The van der Waals surface area contributed by atoms with Crippen LogP contribution >= 0.6 is 0 Å². The van der Waals surface area contributed by atoms with Gasteiger partial charge in [-0.3, -0.25) is 4.90 Å². The predicted molar refractivity (Wildman–Crippen MR) is 86.3 cm³/mol. The maximum Gasteiger partial charge on any atom is 0.163 e. The molecule has 5 heteroatoms. The Morgan fingerprint density at radius 3 is 2.52 bits per heavy atom. The Kier molecular flexibility index (Phi) is 4.52. The molecule has 0 aliphatic carbocycles. The molecular weight excluding hydrogens is 297 g/mol. The van der Waals surface area contributed by atoms with Crippen molar-refractivity contribution in [1.82, 2.24) is 4.90 Å². The first-order chi connectivity index (χ1) is 11.1. The lowest BCUT2D eigenvalue weighted by Crippen LogP contribution is -2.39. The molecule has 0 spiro atoms. The molecule has 2 fully saturated rings. The second kappa shape index (κ2) is 6.29. The first kappa shape index (κ1) is 16.5. The number of benzene rings is 1. The number of hydrogen-bond acceptors (Lipinski definition) is 4. The van der Waals surface area contributed by atoms with Crippen molar-refractivity contribution < 1.29 is 19.0 Å². The minimum absolute atomic E-state index is 0.0179. The number of methoxy groups -OCH3 is 2. The van der Waals surface area contributed by atoms with Crippen LogP contribution in [0.1, 0.15) is 38.2 Å². The summed E-state index contributed by atoms with van der Waals surface area (Å²) in [5.74, 6) is 0.704. The fourth-order valence-electron chi connectivity index (χ4n) is 4.53. The molecule has 23 heavy (non-hydrogen) atoms. The number of hydrogen-bond donors (Lipinski definition) is 1. The standard InChI is InChI=1S/C18H26FNO3/c1-4-18(11-21)9-13-5-6-17(18)20(13)10-12-7-15(22-2)16(23-3)8-14(12)19/h7-8,13,17,21H,4-6,9-11H2,1-3H3/t13-,17+,18-/m1/s1. The highest BCUT2D eigenvalue weighted by Crippen LogP contribution is 2.52. The van der Waals surface area contributed by atoms with Crippen LogP contribution in [0.15, 0.2) is 12.1 Å². The normalized spacial score (nSPS) is 30.0. The first-order valence-electron chi connectivity index (χ1n) is 8.35. The smallest absolute Gasteiger partial charge is 0.163 e. The molecule has 4 nitrogen and oxygen atoms in total. The molecule has 2 heterocycles. The summed E-state index contributed by atoms with van der Waals surface area (Å²) >= 11 is 0. The molecule has 2 saturated heterocycles. The van der Waals surface area contributed by atoms with Crippen molar-refractivity contribution in [3.8, 4) is 11.5 Å². The highest BCUT2D eigenvalue weighted by molar-refractivity contribution is 5.43. The van der Waals surface area contributed by atoms with Crippen LogP contribution in [0, 0.1) is 11.2 Å². The van der Waals surface area contributed by atoms with E-state index < -0.39 is 0 Å². The number of nitrogens with zero attached hydrogens (tertiary/aromatic N) is 1. The number of aliphatic hydroxyl groups excluding tert-OH is 1. The summed E-state index contributed by atoms with van der Waals surface area (Å²) in [7, 11) is 3.07. The fraction of sp³-hybridized carbons (Fsp3) is 0.667. The van der Waals surface area contributed by atoms with Crippen LogP contribution in [-0.2, 0) is 6.54 Å².